The van der Waals surface area contributed by atoms with Crippen LogP contribution in [0.15, 0.2) is 52.1 Å². The third-order valence-electron chi connectivity index (χ3n) is 4.30. The molecule has 1 N–H and O–H groups in total. The highest BCUT2D eigenvalue weighted by Gasteiger charge is 2.21. The number of aliphatic imine (C=N–C) groups is 1. The third kappa shape index (κ3) is 4.26. The normalized spacial score (nSPS) is 15.4. The number of nitrogens with zero attached hydrogens (tertiary/aromatic N) is 3. The van der Waals surface area contributed by atoms with E-state index in [4.69, 9.17) is 14.1 Å². The summed E-state index contributed by atoms with van der Waals surface area (Å²) >= 11 is 0. The third-order valence-corrected chi connectivity index (χ3v) is 4.30. The molecule has 1 aromatic heterocycles. The van der Waals surface area contributed by atoms with E-state index in [1.807, 2.05) is 24.3 Å². The van der Waals surface area contributed by atoms with Crippen LogP contribution in [0.4, 0.5) is 5.69 Å². The number of rotatable bonds is 5. The maximum absolute atomic E-state index is 5.49. The summed E-state index contributed by atoms with van der Waals surface area (Å²) in [6.07, 6.45) is 1.68. The fourth-order valence-corrected chi connectivity index (χ4v) is 3.03. The number of ether oxygens (including phenoxy) is 1. The molecule has 0 unspecified atom stereocenters. The van der Waals surface area contributed by atoms with Crippen LogP contribution < -0.4 is 15.0 Å². The summed E-state index contributed by atoms with van der Waals surface area (Å²) < 4.78 is 10.9. The Bertz CT molecular complexity index is 676. The molecule has 3 rings (SSSR count). The molecule has 2 aromatic rings. The molecule has 134 valence electrons. The predicted molar refractivity (Wildman–Crippen MR) is 100 cm³/mol. The zero-order valence-electron chi connectivity index (χ0n) is 14.9. The lowest BCUT2D eigenvalue weighted by atomic mass is 10.2. The van der Waals surface area contributed by atoms with E-state index in [9.17, 15) is 0 Å². The van der Waals surface area contributed by atoms with Crippen LogP contribution in [-0.2, 0) is 6.54 Å². The van der Waals surface area contributed by atoms with Crippen molar-refractivity contribution in [3.05, 3.63) is 48.4 Å². The van der Waals surface area contributed by atoms with E-state index in [1.54, 1.807) is 13.4 Å². The molecule has 2 heterocycles. The van der Waals surface area contributed by atoms with Crippen molar-refractivity contribution < 1.29 is 9.15 Å². The minimum absolute atomic E-state index is 0.558. The number of hydrogen-bond acceptors (Lipinski definition) is 4. The number of guanidine groups is 1. The largest absolute Gasteiger partial charge is 0.495 e. The smallest absolute Gasteiger partial charge is 0.194 e. The van der Waals surface area contributed by atoms with Gasteiger partial charge < -0.3 is 24.3 Å². The van der Waals surface area contributed by atoms with Gasteiger partial charge in [0.05, 0.1) is 19.1 Å². The molecule has 1 saturated heterocycles. The van der Waals surface area contributed by atoms with Gasteiger partial charge in [0.25, 0.3) is 0 Å². The van der Waals surface area contributed by atoms with Crippen molar-refractivity contribution in [1.82, 2.24) is 10.2 Å². The van der Waals surface area contributed by atoms with E-state index in [0.717, 1.165) is 55.9 Å². The summed E-state index contributed by atoms with van der Waals surface area (Å²) in [5.41, 5.74) is 1.15. The van der Waals surface area contributed by atoms with E-state index in [1.165, 1.54) is 0 Å². The van der Waals surface area contributed by atoms with E-state index < -0.39 is 0 Å². The highest BCUT2D eigenvalue weighted by atomic mass is 16.5. The first-order chi connectivity index (χ1) is 12.3. The predicted octanol–water partition coefficient (Wildman–Crippen LogP) is 2.58. The van der Waals surface area contributed by atoms with Crippen molar-refractivity contribution in [3.8, 4) is 5.75 Å². The van der Waals surface area contributed by atoms with Crippen LogP contribution in [0.5, 0.6) is 5.75 Å². The van der Waals surface area contributed by atoms with Crippen molar-refractivity contribution in [2.24, 2.45) is 4.99 Å². The first-order valence-electron chi connectivity index (χ1n) is 8.75. The second-order valence-corrected chi connectivity index (χ2v) is 5.90. The Balaban J connectivity index is 1.63. The van der Waals surface area contributed by atoms with Gasteiger partial charge in [-0.15, -0.1) is 0 Å². The van der Waals surface area contributed by atoms with Crippen LogP contribution in [0, 0.1) is 0 Å². The SMILES string of the molecule is CCNC(=NCc1ccco1)N1CCN(c2ccccc2OC)CC1. The van der Waals surface area contributed by atoms with Crippen molar-refractivity contribution in [2.75, 3.05) is 44.7 Å². The monoisotopic (exact) mass is 342 g/mol. The van der Waals surface area contributed by atoms with E-state index >= 15 is 0 Å². The number of piperazine rings is 1. The zero-order chi connectivity index (χ0) is 17.5. The van der Waals surface area contributed by atoms with Gasteiger partial charge in [-0.1, -0.05) is 12.1 Å². The van der Waals surface area contributed by atoms with Crippen molar-refractivity contribution >= 4 is 11.6 Å². The Morgan fingerprint density at radius 3 is 2.64 bits per heavy atom. The average Bonchev–Trinajstić information content (AvgIpc) is 3.19. The summed E-state index contributed by atoms with van der Waals surface area (Å²) in [7, 11) is 1.72. The number of anilines is 1. The minimum atomic E-state index is 0.558. The standard InChI is InChI=1S/C19H26N4O2/c1-3-20-19(21-15-16-7-6-14-25-16)23-12-10-22(11-13-23)17-8-4-5-9-18(17)24-2/h4-9,14H,3,10-13,15H2,1-2H3,(H,20,21). The van der Waals surface area contributed by atoms with Gasteiger partial charge in [-0.05, 0) is 31.2 Å². The first-order valence-corrected chi connectivity index (χ1v) is 8.75. The Labute approximate surface area is 149 Å². The maximum Gasteiger partial charge on any atom is 0.194 e. The van der Waals surface area contributed by atoms with Crippen molar-refractivity contribution in [2.45, 2.75) is 13.5 Å². The van der Waals surface area contributed by atoms with Gasteiger partial charge in [0.2, 0.25) is 0 Å². The summed E-state index contributed by atoms with van der Waals surface area (Å²) in [6.45, 7) is 7.21. The van der Waals surface area contributed by atoms with Gasteiger partial charge in [0.1, 0.15) is 18.1 Å². The van der Waals surface area contributed by atoms with E-state index in [2.05, 4.69) is 34.2 Å². The molecule has 6 heteroatoms. The number of nitrogens with one attached hydrogen (secondary N) is 1. The lowest BCUT2D eigenvalue weighted by Crippen LogP contribution is -2.52. The summed E-state index contributed by atoms with van der Waals surface area (Å²) in [5, 5.41) is 3.38. The summed E-state index contributed by atoms with van der Waals surface area (Å²) in [5.74, 6) is 2.75. The summed E-state index contributed by atoms with van der Waals surface area (Å²) in [6, 6.07) is 12.0. The Morgan fingerprint density at radius 1 is 1.16 bits per heavy atom. The van der Waals surface area contributed by atoms with Crippen LogP contribution in [0.1, 0.15) is 12.7 Å². The fraction of sp³-hybridized carbons (Fsp3) is 0.421. The second-order valence-electron chi connectivity index (χ2n) is 5.90. The van der Waals surface area contributed by atoms with Gasteiger partial charge in [0.15, 0.2) is 5.96 Å². The second kappa shape index (κ2) is 8.46. The van der Waals surface area contributed by atoms with Crippen LogP contribution in [0.3, 0.4) is 0 Å². The fourth-order valence-electron chi connectivity index (χ4n) is 3.03. The molecule has 0 aliphatic carbocycles. The maximum atomic E-state index is 5.49. The zero-order valence-corrected chi connectivity index (χ0v) is 14.9. The van der Waals surface area contributed by atoms with Crippen LogP contribution in [0.2, 0.25) is 0 Å². The Kier molecular flexibility index (Phi) is 5.82. The Hall–Kier alpha value is -2.63. The summed E-state index contributed by atoms with van der Waals surface area (Å²) in [4.78, 5) is 9.38. The van der Waals surface area contributed by atoms with Crippen LogP contribution in [-0.4, -0.2) is 50.7 Å². The van der Waals surface area contributed by atoms with Crippen LogP contribution in [0.25, 0.3) is 0 Å². The van der Waals surface area contributed by atoms with Gasteiger partial charge in [-0.3, -0.25) is 0 Å². The minimum Gasteiger partial charge on any atom is -0.495 e. The molecule has 1 aliphatic rings. The van der Waals surface area contributed by atoms with Gasteiger partial charge >= 0.3 is 0 Å². The van der Waals surface area contributed by atoms with Gasteiger partial charge in [0, 0.05) is 32.7 Å². The first kappa shape index (κ1) is 17.2. The number of methoxy groups -OCH3 is 1. The number of para-hydroxylation sites is 2. The molecule has 1 fully saturated rings. The molecular weight excluding hydrogens is 316 g/mol. The molecule has 1 aromatic carbocycles. The lowest BCUT2D eigenvalue weighted by molar-refractivity contribution is 0.366. The molecule has 0 atom stereocenters. The number of furan rings is 1. The quantitative estimate of drug-likeness (QED) is 0.669. The topological polar surface area (TPSA) is 53.2 Å². The molecule has 0 radical (unpaired) electrons. The van der Waals surface area contributed by atoms with Gasteiger partial charge in [-0.2, -0.15) is 0 Å². The molecule has 0 bridgehead atoms. The van der Waals surface area contributed by atoms with Gasteiger partial charge in [-0.25, -0.2) is 4.99 Å². The molecule has 0 saturated carbocycles. The molecule has 6 nitrogen and oxygen atoms in total. The van der Waals surface area contributed by atoms with E-state index in [0.29, 0.717) is 6.54 Å². The molecule has 25 heavy (non-hydrogen) atoms. The molecular formula is C19H26N4O2. The van der Waals surface area contributed by atoms with Crippen molar-refractivity contribution in [1.29, 1.82) is 0 Å². The highest BCUT2D eigenvalue weighted by molar-refractivity contribution is 5.80. The highest BCUT2D eigenvalue weighted by Crippen LogP contribution is 2.28. The van der Waals surface area contributed by atoms with Crippen molar-refractivity contribution in [3.63, 3.8) is 0 Å². The number of benzene rings is 1. The van der Waals surface area contributed by atoms with E-state index in [-0.39, 0.29) is 0 Å². The number of hydrogen-bond donors (Lipinski definition) is 1. The average molecular weight is 342 g/mol. The molecule has 0 amide bonds. The Morgan fingerprint density at radius 2 is 1.96 bits per heavy atom. The molecule has 1 aliphatic heterocycles. The van der Waals surface area contributed by atoms with Crippen LogP contribution >= 0.6 is 0 Å². The lowest BCUT2D eigenvalue weighted by Gasteiger charge is -2.38. The molecule has 0 spiro atoms.